The SMILES string of the molecule is Nc1nccc2c1ncn2[C@@H]1CC[C@@H](CO)O1. The standard InChI is InChI=1S/C11H14N4O2/c12-11-10-8(3-4-13-11)15(6-14-10)9-2-1-7(5-16)17-9/h3-4,6-7,9,16H,1-2,5H2,(H2,12,13)/t7-,9-/m0/s1. The van der Waals surface area contributed by atoms with E-state index in [4.69, 9.17) is 15.6 Å². The van der Waals surface area contributed by atoms with Crippen LogP contribution in [-0.4, -0.2) is 32.4 Å². The van der Waals surface area contributed by atoms with Crippen LogP contribution in [0.2, 0.25) is 0 Å². The fourth-order valence-corrected chi connectivity index (χ4v) is 2.24. The minimum absolute atomic E-state index is 0.0623. The van der Waals surface area contributed by atoms with Crippen LogP contribution in [-0.2, 0) is 4.74 Å². The zero-order valence-electron chi connectivity index (χ0n) is 9.28. The highest BCUT2D eigenvalue weighted by Gasteiger charge is 2.27. The second-order valence-electron chi connectivity index (χ2n) is 4.19. The Morgan fingerprint density at radius 3 is 3.12 bits per heavy atom. The van der Waals surface area contributed by atoms with Crippen molar-refractivity contribution >= 4 is 16.9 Å². The maximum atomic E-state index is 9.06. The zero-order valence-corrected chi connectivity index (χ0v) is 9.28. The summed E-state index contributed by atoms with van der Waals surface area (Å²) in [6, 6.07) is 1.87. The average molecular weight is 234 g/mol. The van der Waals surface area contributed by atoms with Gasteiger partial charge in [0.1, 0.15) is 11.7 Å². The quantitative estimate of drug-likeness (QED) is 0.798. The topological polar surface area (TPSA) is 86.2 Å². The van der Waals surface area contributed by atoms with E-state index in [2.05, 4.69) is 9.97 Å². The summed E-state index contributed by atoms with van der Waals surface area (Å²) in [5, 5.41) is 9.06. The van der Waals surface area contributed by atoms with Gasteiger partial charge in [0.2, 0.25) is 0 Å². The smallest absolute Gasteiger partial charge is 0.151 e. The lowest BCUT2D eigenvalue weighted by atomic mass is 10.2. The van der Waals surface area contributed by atoms with E-state index in [1.807, 2.05) is 10.6 Å². The molecule has 90 valence electrons. The van der Waals surface area contributed by atoms with Crippen molar-refractivity contribution in [1.29, 1.82) is 0 Å². The number of nitrogens with two attached hydrogens (primary N) is 1. The van der Waals surface area contributed by atoms with Gasteiger partial charge in [-0.3, -0.25) is 0 Å². The Balaban J connectivity index is 1.99. The number of aliphatic hydroxyl groups is 1. The molecule has 1 fully saturated rings. The van der Waals surface area contributed by atoms with E-state index in [1.54, 1.807) is 12.5 Å². The van der Waals surface area contributed by atoms with Gasteiger partial charge in [0.15, 0.2) is 5.82 Å². The maximum Gasteiger partial charge on any atom is 0.151 e. The highest BCUT2D eigenvalue weighted by atomic mass is 16.5. The van der Waals surface area contributed by atoms with E-state index in [9.17, 15) is 0 Å². The van der Waals surface area contributed by atoms with Crippen LogP contribution in [0.15, 0.2) is 18.6 Å². The van der Waals surface area contributed by atoms with Crippen LogP contribution in [0.3, 0.4) is 0 Å². The number of aliphatic hydroxyl groups excluding tert-OH is 1. The fraction of sp³-hybridized carbons (Fsp3) is 0.455. The van der Waals surface area contributed by atoms with Crippen molar-refractivity contribution in [3.05, 3.63) is 18.6 Å². The molecule has 0 aromatic carbocycles. The lowest BCUT2D eigenvalue weighted by Crippen LogP contribution is -2.13. The molecule has 2 atom stereocenters. The van der Waals surface area contributed by atoms with Crippen LogP contribution in [0.4, 0.5) is 5.82 Å². The first-order valence-corrected chi connectivity index (χ1v) is 5.63. The van der Waals surface area contributed by atoms with Gasteiger partial charge in [-0.25, -0.2) is 9.97 Å². The predicted octanol–water partition coefficient (Wildman–Crippen LogP) is 0.683. The molecule has 1 aliphatic heterocycles. The van der Waals surface area contributed by atoms with Gasteiger partial charge in [0.05, 0.1) is 24.6 Å². The molecule has 0 amide bonds. The van der Waals surface area contributed by atoms with E-state index in [1.165, 1.54) is 0 Å². The minimum Gasteiger partial charge on any atom is -0.394 e. The Morgan fingerprint density at radius 1 is 1.47 bits per heavy atom. The van der Waals surface area contributed by atoms with Gasteiger partial charge in [0.25, 0.3) is 0 Å². The normalized spacial score (nSPS) is 24.5. The molecule has 2 aromatic rings. The molecule has 2 aromatic heterocycles. The van der Waals surface area contributed by atoms with Gasteiger partial charge in [-0.2, -0.15) is 0 Å². The molecular weight excluding hydrogens is 220 g/mol. The van der Waals surface area contributed by atoms with Crippen LogP contribution < -0.4 is 5.73 Å². The van der Waals surface area contributed by atoms with E-state index in [0.717, 1.165) is 18.4 Å². The molecule has 0 aliphatic carbocycles. The van der Waals surface area contributed by atoms with E-state index in [0.29, 0.717) is 11.3 Å². The molecule has 3 heterocycles. The number of aromatic nitrogens is 3. The number of nitrogens with zero attached hydrogens (tertiary/aromatic N) is 3. The third kappa shape index (κ3) is 1.65. The molecule has 6 nitrogen and oxygen atoms in total. The van der Waals surface area contributed by atoms with E-state index >= 15 is 0 Å². The van der Waals surface area contributed by atoms with Gasteiger partial charge >= 0.3 is 0 Å². The van der Waals surface area contributed by atoms with Crippen molar-refractivity contribution in [2.24, 2.45) is 0 Å². The number of hydrogen-bond acceptors (Lipinski definition) is 5. The molecule has 0 saturated carbocycles. The summed E-state index contributed by atoms with van der Waals surface area (Å²) in [6.45, 7) is 0.0623. The second kappa shape index (κ2) is 3.97. The van der Waals surface area contributed by atoms with Crippen LogP contribution in [0.25, 0.3) is 11.0 Å². The average Bonchev–Trinajstić information content (AvgIpc) is 2.94. The Labute approximate surface area is 98.0 Å². The van der Waals surface area contributed by atoms with Crippen molar-refractivity contribution in [2.45, 2.75) is 25.2 Å². The van der Waals surface area contributed by atoms with Crippen LogP contribution in [0.1, 0.15) is 19.1 Å². The summed E-state index contributed by atoms with van der Waals surface area (Å²) >= 11 is 0. The van der Waals surface area contributed by atoms with Gasteiger partial charge < -0.3 is 20.1 Å². The Kier molecular flexibility index (Phi) is 2.45. The largest absolute Gasteiger partial charge is 0.394 e. The number of pyridine rings is 1. The van der Waals surface area contributed by atoms with Gasteiger partial charge in [-0.05, 0) is 18.9 Å². The molecule has 0 bridgehead atoms. The summed E-state index contributed by atoms with van der Waals surface area (Å²) < 4.78 is 7.66. The van der Waals surface area contributed by atoms with Crippen molar-refractivity contribution < 1.29 is 9.84 Å². The van der Waals surface area contributed by atoms with Crippen molar-refractivity contribution in [3.8, 4) is 0 Å². The van der Waals surface area contributed by atoms with E-state index < -0.39 is 0 Å². The first-order valence-electron chi connectivity index (χ1n) is 5.63. The third-order valence-corrected chi connectivity index (χ3v) is 3.12. The molecule has 1 aliphatic rings. The summed E-state index contributed by atoms with van der Waals surface area (Å²) in [5.41, 5.74) is 7.37. The third-order valence-electron chi connectivity index (χ3n) is 3.12. The maximum absolute atomic E-state index is 9.06. The first-order chi connectivity index (χ1) is 8.29. The number of imidazole rings is 1. The number of anilines is 1. The van der Waals surface area contributed by atoms with Crippen LogP contribution >= 0.6 is 0 Å². The molecule has 0 spiro atoms. The Bertz CT molecular complexity index is 539. The number of fused-ring (bicyclic) bond motifs is 1. The summed E-state index contributed by atoms with van der Waals surface area (Å²) in [6.07, 6.45) is 4.97. The number of rotatable bonds is 2. The van der Waals surface area contributed by atoms with E-state index in [-0.39, 0.29) is 18.9 Å². The minimum atomic E-state index is -0.0726. The number of hydrogen-bond donors (Lipinski definition) is 2. The molecule has 3 rings (SSSR count). The highest BCUT2D eigenvalue weighted by Crippen LogP contribution is 2.31. The molecule has 17 heavy (non-hydrogen) atoms. The molecule has 0 radical (unpaired) electrons. The summed E-state index contributed by atoms with van der Waals surface area (Å²) in [5.74, 6) is 0.429. The molecule has 1 saturated heterocycles. The summed E-state index contributed by atoms with van der Waals surface area (Å²) in [4.78, 5) is 8.25. The van der Waals surface area contributed by atoms with Crippen molar-refractivity contribution in [1.82, 2.24) is 14.5 Å². The monoisotopic (exact) mass is 234 g/mol. The number of nitrogen functional groups attached to an aromatic ring is 1. The second-order valence-corrected chi connectivity index (χ2v) is 4.19. The first kappa shape index (κ1) is 10.5. The van der Waals surface area contributed by atoms with Crippen LogP contribution in [0.5, 0.6) is 0 Å². The fourth-order valence-electron chi connectivity index (χ4n) is 2.24. The molecule has 6 heteroatoms. The van der Waals surface area contributed by atoms with Crippen molar-refractivity contribution in [2.75, 3.05) is 12.3 Å². The van der Waals surface area contributed by atoms with Crippen LogP contribution in [0, 0.1) is 0 Å². The van der Waals surface area contributed by atoms with Gasteiger partial charge in [-0.1, -0.05) is 0 Å². The lowest BCUT2D eigenvalue weighted by Gasteiger charge is -2.14. The molecule has 3 N–H and O–H groups in total. The van der Waals surface area contributed by atoms with Gasteiger partial charge in [0, 0.05) is 6.20 Å². The molecular formula is C11H14N4O2. The molecule has 0 unspecified atom stereocenters. The highest BCUT2D eigenvalue weighted by molar-refractivity contribution is 5.84. The predicted molar refractivity (Wildman–Crippen MR) is 62.2 cm³/mol. The zero-order chi connectivity index (χ0) is 11.8. The van der Waals surface area contributed by atoms with Crippen molar-refractivity contribution in [3.63, 3.8) is 0 Å². The summed E-state index contributed by atoms with van der Waals surface area (Å²) in [7, 11) is 0. The Hall–Kier alpha value is -1.66. The lowest BCUT2D eigenvalue weighted by molar-refractivity contribution is -0.0204. The van der Waals surface area contributed by atoms with Gasteiger partial charge in [-0.15, -0.1) is 0 Å². The Morgan fingerprint density at radius 2 is 2.35 bits per heavy atom. The number of ether oxygens (including phenoxy) is 1.